The van der Waals surface area contributed by atoms with E-state index in [1.165, 1.54) is 10.4 Å². The number of nitrogens with one attached hydrogen (secondary N) is 1. The first-order chi connectivity index (χ1) is 5.88. The fourth-order valence-electron chi connectivity index (χ4n) is 0.909. The van der Waals surface area contributed by atoms with Crippen LogP contribution in [0, 0.1) is 13.8 Å². The zero-order valence-corrected chi connectivity index (χ0v) is 9.13. The van der Waals surface area contributed by atoms with Crippen LogP contribution >= 0.6 is 11.3 Å². The Balaban J connectivity index is 2.66. The average molecular weight is 220 g/mol. The van der Waals surface area contributed by atoms with Crippen LogP contribution in [-0.4, -0.2) is 8.42 Å². The monoisotopic (exact) mass is 220 g/mol. The van der Waals surface area contributed by atoms with Crippen molar-refractivity contribution in [2.75, 3.05) is 0 Å². The topological polar surface area (TPSA) is 72.2 Å². The molecule has 0 aliphatic carbocycles. The SMILES string of the molecule is Cc1cc(CNS(N)(=O)=O)sc1C. The van der Waals surface area contributed by atoms with E-state index in [-0.39, 0.29) is 6.54 Å². The van der Waals surface area contributed by atoms with Crippen LogP contribution in [0.4, 0.5) is 0 Å². The van der Waals surface area contributed by atoms with Crippen LogP contribution < -0.4 is 9.86 Å². The first-order valence-electron chi connectivity index (χ1n) is 3.72. The van der Waals surface area contributed by atoms with Crippen LogP contribution in [-0.2, 0) is 16.8 Å². The van der Waals surface area contributed by atoms with Gasteiger partial charge in [-0.1, -0.05) is 0 Å². The molecule has 4 nitrogen and oxygen atoms in total. The third-order valence-corrected chi connectivity index (χ3v) is 3.36. The highest BCUT2D eigenvalue weighted by Crippen LogP contribution is 2.20. The van der Waals surface area contributed by atoms with Crippen molar-refractivity contribution < 1.29 is 8.42 Å². The average Bonchev–Trinajstić information content (AvgIpc) is 2.27. The quantitative estimate of drug-likeness (QED) is 0.785. The van der Waals surface area contributed by atoms with Crippen LogP contribution in [0.15, 0.2) is 6.07 Å². The van der Waals surface area contributed by atoms with Gasteiger partial charge in [-0.25, -0.2) is 5.14 Å². The van der Waals surface area contributed by atoms with Crippen molar-refractivity contribution in [3.8, 4) is 0 Å². The standard InChI is InChI=1S/C7H12N2O2S2/c1-5-3-7(12-6(5)2)4-9-13(8,10)11/h3,9H,4H2,1-2H3,(H2,8,10,11). The molecule has 0 aliphatic rings. The summed E-state index contributed by atoms with van der Waals surface area (Å²) in [6, 6.07) is 1.96. The van der Waals surface area contributed by atoms with Gasteiger partial charge in [-0.15, -0.1) is 11.3 Å². The molecule has 13 heavy (non-hydrogen) atoms. The molecule has 1 rings (SSSR count). The molecule has 0 aromatic carbocycles. The molecule has 0 saturated heterocycles. The zero-order valence-electron chi connectivity index (χ0n) is 7.49. The molecule has 74 valence electrons. The van der Waals surface area contributed by atoms with E-state index in [1.807, 2.05) is 19.9 Å². The molecular weight excluding hydrogens is 208 g/mol. The predicted molar refractivity (Wildman–Crippen MR) is 53.7 cm³/mol. The van der Waals surface area contributed by atoms with E-state index in [1.54, 1.807) is 11.3 Å². The molecule has 0 atom stereocenters. The highest BCUT2D eigenvalue weighted by Gasteiger charge is 2.04. The van der Waals surface area contributed by atoms with Gasteiger partial charge in [-0.05, 0) is 25.5 Å². The molecular formula is C7H12N2O2S2. The predicted octanol–water partition coefficient (Wildman–Crippen LogP) is 0.658. The van der Waals surface area contributed by atoms with Crippen molar-refractivity contribution >= 4 is 21.5 Å². The Morgan fingerprint density at radius 3 is 2.54 bits per heavy atom. The third kappa shape index (κ3) is 3.43. The van der Waals surface area contributed by atoms with E-state index in [0.717, 1.165) is 4.88 Å². The maximum Gasteiger partial charge on any atom is 0.274 e. The molecule has 0 saturated carbocycles. The summed E-state index contributed by atoms with van der Waals surface area (Å²) in [5.41, 5.74) is 1.18. The third-order valence-electron chi connectivity index (χ3n) is 1.66. The van der Waals surface area contributed by atoms with Crippen LogP contribution in [0.25, 0.3) is 0 Å². The van der Waals surface area contributed by atoms with Crippen LogP contribution in [0.2, 0.25) is 0 Å². The lowest BCUT2D eigenvalue weighted by molar-refractivity contribution is 0.583. The molecule has 0 aliphatic heterocycles. The molecule has 0 unspecified atom stereocenters. The Labute approximate surface area is 82.0 Å². The van der Waals surface area contributed by atoms with Gasteiger partial charge in [-0.3, -0.25) is 0 Å². The van der Waals surface area contributed by atoms with Gasteiger partial charge in [0, 0.05) is 16.3 Å². The van der Waals surface area contributed by atoms with E-state index in [9.17, 15) is 8.42 Å². The summed E-state index contributed by atoms with van der Waals surface area (Å²) in [7, 11) is -3.57. The number of hydrogen-bond donors (Lipinski definition) is 2. The summed E-state index contributed by atoms with van der Waals surface area (Å²) in [6.07, 6.45) is 0. The van der Waals surface area contributed by atoms with E-state index >= 15 is 0 Å². The lowest BCUT2D eigenvalue weighted by Crippen LogP contribution is -2.29. The number of nitrogens with two attached hydrogens (primary N) is 1. The Morgan fingerprint density at radius 2 is 2.15 bits per heavy atom. The van der Waals surface area contributed by atoms with Gasteiger partial charge in [0.1, 0.15) is 0 Å². The fourth-order valence-corrected chi connectivity index (χ4v) is 2.35. The minimum Gasteiger partial charge on any atom is -0.216 e. The van der Waals surface area contributed by atoms with Gasteiger partial charge in [0.05, 0.1) is 0 Å². The van der Waals surface area contributed by atoms with Crippen molar-refractivity contribution in [2.24, 2.45) is 5.14 Å². The molecule has 0 fully saturated rings. The Morgan fingerprint density at radius 1 is 1.54 bits per heavy atom. The summed E-state index contributed by atoms with van der Waals surface area (Å²) < 4.78 is 23.4. The molecule has 0 radical (unpaired) electrons. The number of rotatable bonds is 3. The van der Waals surface area contributed by atoms with E-state index in [2.05, 4.69) is 4.72 Å². The first kappa shape index (κ1) is 10.6. The van der Waals surface area contributed by atoms with Gasteiger partial charge in [0.25, 0.3) is 10.2 Å². The molecule has 1 aromatic heterocycles. The highest BCUT2D eigenvalue weighted by molar-refractivity contribution is 7.87. The van der Waals surface area contributed by atoms with Crippen molar-refractivity contribution in [3.05, 3.63) is 21.4 Å². The molecule has 0 spiro atoms. The summed E-state index contributed by atoms with van der Waals surface area (Å²) in [5.74, 6) is 0. The van der Waals surface area contributed by atoms with Gasteiger partial charge < -0.3 is 0 Å². The maximum atomic E-state index is 10.6. The summed E-state index contributed by atoms with van der Waals surface area (Å²) in [4.78, 5) is 2.18. The largest absolute Gasteiger partial charge is 0.274 e. The van der Waals surface area contributed by atoms with Crippen molar-refractivity contribution in [1.82, 2.24) is 4.72 Å². The normalized spacial score (nSPS) is 11.9. The van der Waals surface area contributed by atoms with Crippen LogP contribution in [0.1, 0.15) is 15.3 Å². The van der Waals surface area contributed by atoms with E-state index in [4.69, 9.17) is 5.14 Å². The van der Waals surface area contributed by atoms with Crippen LogP contribution in [0.5, 0.6) is 0 Å². The smallest absolute Gasteiger partial charge is 0.216 e. The zero-order chi connectivity index (χ0) is 10.1. The molecule has 0 amide bonds. The van der Waals surface area contributed by atoms with Crippen molar-refractivity contribution in [2.45, 2.75) is 20.4 Å². The van der Waals surface area contributed by atoms with Gasteiger partial charge in [0.15, 0.2) is 0 Å². The molecule has 3 N–H and O–H groups in total. The molecule has 6 heteroatoms. The Kier molecular flexibility index (Phi) is 3.07. The maximum absolute atomic E-state index is 10.6. The number of hydrogen-bond acceptors (Lipinski definition) is 3. The summed E-state index contributed by atoms with van der Waals surface area (Å²) in [6.45, 7) is 4.27. The Hall–Kier alpha value is -0.430. The number of thiophene rings is 1. The van der Waals surface area contributed by atoms with Crippen LogP contribution in [0.3, 0.4) is 0 Å². The lowest BCUT2D eigenvalue weighted by Gasteiger charge is -1.97. The van der Waals surface area contributed by atoms with Crippen molar-refractivity contribution in [3.63, 3.8) is 0 Å². The molecule has 1 heterocycles. The van der Waals surface area contributed by atoms with Gasteiger partial charge in [0.2, 0.25) is 0 Å². The summed E-state index contributed by atoms with van der Waals surface area (Å²) >= 11 is 1.57. The highest BCUT2D eigenvalue weighted by atomic mass is 32.2. The van der Waals surface area contributed by atoms with Gasteiger partial charge in [-0.2, -0.15) is 13.1 Å². The minimum absolute atomic E-state index is 0.276. The minimum atomic E-state index is -3.57. The second kappa shape index (κ2) is 3.75. The van der Waals surface area contributed by atoms with E-state index < -0.39 is 10.2 Å². The fraction of sp³-hybridized carbons (Fsp3) is 0.429. The Bertz CT molecular complexity index is 375. The lowest BCUT2D eigenvalue weighted by atomic mass is 10.3. The first-order valence-corrected chi connectivity index (χ1v) is 6.08. The summed E-state index contributed by atoms with van der Waals surface area (Å²) in [5, 5.41) is 4.79. The molecule has 0 bridgehead atoms. The number of aryl methyl sites for hydroxylation is 2. The van der Waals surface area contributed by atoms with Crippen molar-refractivity contribution in [1.29, 1.82) is 0 Å². The van der Waals surface area contributed by atoms with E-state index in [0.29, 0.717) is 0 Å². The second-order valence-corrected chi connectivity index (χ2v) is 5.54. The molecule has 1 aromatic rings. The second-order valence-electron chi connectivity index (χ2n) is 2.82. The van der Waals surface area contributed by atoms with Gasteiger partial charge >= 0.3 is 0 Å².